The molecule has 110 valence electrons. The van der Waals surface area contributed by atoms with Gasteiger partial charge in [0.15, 0.2) is 11.9 Å². The summed E-state index contributed by atoms with van der Waals surface area (Å²) >= 11 is 0. The molecule has 0 atom stereocenters. The van der Waals surface area contributed by atoms with Gasteiger partial charge >= 0.3 is 0 Å². The molecule has 0 saturated heterocycles. The summed E-state index contributed by atoms with van der Waals surface area (Å²) in [7, 11) is 0. The van der Waals surface area contributed by atoms with Gasteiger partial charge in [-0.2, -0.15) is 8.78 Å². The molecule has 4 heteroatoms. The van der Waals surface area contributed by atoms with Crippen molar-refractivity contribution < 1.29 is 8.78 Å². The minimum atomic E-state index is -0.512. The molecule has 0 bridgehead atoms. The van der Waals surface area contributed by atoms with Gasteiger partial charge in [-0.05, 0) is 38.1 Å². The highest BCUT2D eigenvalue weighted by Gasteiger charge is 2.21. The third kappa shape index (κ3) is 1.77. The lowest BCUT2D eigenvalue weighted by Gasteiger charge is -2.01. The first-order valence-corrected chi connectivity index (χ1v) is 7.10. The zero-order chi connectivity index (χ0) is 15.4. The Labute approximate surface area is 125 Å². The molecule has 0 aliphatic heterocycles. The van der Waals surface area contributed by atoms with Crippen LogP contribution in [0, 0.1) is 25.7 Å². The van der Waals surface area contributed by atoms with Crippen molar-refractivity contribution in [1.82, 2.24) is 9.97 Å². The van der Waals surface area contributed by atoms with Crippen LogP contribution in [0.25, 0.3) is 32.9 Å². The van der Waals surface area contributed by atoms with Gasteiger partial charge in [-0.3, -0.25) is 0 Å². The maximum Gasteiger partial charge on any atom is 0.200 e. The van der Waals surface area contributed by atoms with E-state index in [0.29, 0.717) is 21.8 Å². The molecular weight excluding hydrogens is 282 g/mol. The molecule has 4 rings (SSSR count). The van der Waals surface area contributed by atoms with Gasteiger partial charge in [0.2, 0.25) is 0 Å². The molecule has 0 aliphatic carbocycles. The number of aromatic amines is 2. The lowest BCUT2D eigenvalue weighted by atomic mass is 10.0. The van der Waals surface area contributed by atoms with E-state index in [1.807, 2.05) is 50.2 Å². The van der Waals surface area contributed by atoms with Crippen LogP contribution >= 0.6 is 0 Å². The number of fused-ring (bicyclic) bond motifs is 2. The fourth-order valence-corrected chi connectivity index (χ4v) is 3.03. The number of rotatable bonds is 1. The van der Waals surface area contributed by atoms with E-state index >= 15 is 0 Å². The summed E-state index contributed by atoms with van der Waals surface area (Å²) < 4.78 is 28.9. The number of aromatic nitrogens is 2. The molecule has 0 aliphatic rings. The quantitative estimate of drug-likeness (QED) is 0.483. The maximum atomic E-state index is 14.5. The fraction of sp³-hybridized carbons (Fsp3) is 0.111. The van der Waals surface area contributed by atoms with Crippen molar-refractivity contribution in [3.8, 4) is 11.1 Å². The monoisotopic (exact) mass is 296 g/mol. The normalized spacial score (nSPS) is 11.6. The second-order valence-corrected chi connectivity index (χ2v) is 5.73. The Hall–Kier alpha value is -2.62. The van der Waals surface area contributed by atoms with Crippen LogP contribution in [0.3, 0.4) is 0 Å². The average molecular weight is 296 g/mol. The Balaban J connectivity index is 2.15. The Morgan fingerprint density at radius 3 is 1.50 bits per heavy atom. The van der Waals surface area contributed by atoms with Crippen molar-refractivity contribution in [3.05, 3.63) is 59.4 Å². The van der Waals surface area contributed by atoms with E-state index in [9.17, 15) is 8.78 Å². The van der Waals surface area contributed by atoms with Gasteiger partial charge in [0.05, 0.1) is 0 Å². The second kappa shape index (κ2) is 4.44. The van der Waals surface area contributed by atoms with E-state index in [1.165, 1.54) is 0 Å². The summed E-state index contributed by atoms with van der Waals surface area (Å²) in [5.74, 6) is -1.02. The predicted molar refractivity (Wildman–Crippen MR) is 85.0 cm³/mol. The summed E-state index contributed by atoms with van der Waals surface area (Å²) in [4.78, 5) is 5.40. The van der Waals surface area contributed by atoms with E-state index in [4.69, 9.17) is 0 Å². The smallest absolute Gasteiger partial charge is 0.200 e. The fourth-order valence-electron chi connectivity index (χ4n) is 3.03. The zero-order valence-corrected chi connectivity index (χ0v) is 12.2. The highest BCUT2D eigenvalue weighted by Crippen LogP contribution is 2.38. The maximum absolute atomic E-state index is 14.5. The topological polar surface area (TPSA) is 31.6 Å². The highest BCUT2D eigenvalue weighted by atomic mass is 19.1. The van der Waals surface area contributed by atoms with Gasteiger partial charge < -0.3 is 9.97 Å². The van der Waals surface area contributed by atoms with Gasteiger partial charge in [-0.15, -0.1) is 0 Å². The summed E-state index contributed by atoms with van der Waals surface area (Å²) in [6.45, 7) is 3.87. The van der Waals surface area contributed by atoms with Gasteiger partial charge in [0, 0.05) is 32.9 Å². The summed E-state index contributed by atoms with van der Waals surface area (Å²) in [5.41, 5.74) is 3.91. The molecule has 4 aromatic rings. The first-order chi connectivity index (χ1) is 10.5. The summed E-state index contributed by atoms with van der Waals surface area (Å²) in [6.07, 6.45) is 0. The van der Waals surface area contributed by atoms with Crippen molar-refractivity contribution in [2.75, 3.05) is 0 Å². The van der Waals surface area contributed by atoms with Crippen molar-refractivity contribution in [2.24, 2.45) is 0 Å². The van der Waals surface area contributed by atoms with Gasteiger partial charge in [-0.1, -0.05) is 23.3 Å². The van der Waals surface area contributed by atoms with E-state index in [2.05, 4.69) is 9.97 Å². The first kappa shape index (κ1) is 13.1. The molecule has 2 heterocycles. The Bertz CT molecular complexity index is 941. The molecule has 0 unspecified atom stereocenters. The van der Waals surface area contributed by atoms with Crippen molar-refractivity contribution >= 4 is 21.8 Å². The summed E-state index contributed by atoms with van der Waals surface area (Å²) in [6, 6.07) is 11.2. The number of benzene rings is 2. The second-order valence-electron chi connectivity index (χ2n) is 5.73. The van der Waals surface area contributed by atoms with Crippen LogP contribution in [0.1, 0.15) is 11.1 Å². The molecule has 0 fully saturated rings. The van der Waals surface area contributed by atoms with Gasteiger partial charge in [-0.25, -0.2) is 0 Å². The molecule has 2 N–H and O–H groups in total. The number of aryl methyl sites for hydroxylation is 2. The van der Waals surface area contributed by atoms with Crippen molar-refractivity contribution in [1.29, 1.82) is 0 Å². The molecule has 0 amide bonds. The number of hydrogen-bond acceptors (Lipinski definition) is 0. The van der Waals surface area contributed by atoms with Crippen LogP contribution in [0.5, 0.6) is 0 Å². The van der Waals surface area contributed by atoms with E-state index in [-0.39, 0.29) is 11.1 Å². The predicted octanol–water partition coefficient (Wildman–Crippen LogP) is 5.21. The lowest BCUT2D eigenvalue weighted by molar-refractivity contribution is 0.584. The third-order valence-electron chi connectivity index (χ3n) is 4.07. The SMILES string of the molecule is Cc1ccc2[nH]c(F)c(-c3c(F)[nH]c4ccc(C)cc34)c2c1. The zero-order valence-electron chi connectivity index (χ0n) is 12.2. The Kier molecular flexibility index (Phi) is 2.64. The van der Waals surface area contributed by atoms with Crippen LogP contribution in [-0.2, 0) is 0 Å². The highest BCUT2D eigenvalue weighted by molar-refractivity contribution is 6.05. The van der Waals surface area contributed by atoms with Crippen LogP contribution in [-0.4, -0.2) is 9.97 Å². The van der Waals surface area contributed by atoms with Crippen molar-refractivity contribution in [2.45, 2.75) is 13.8 Å². The average Bonchev–Trinajstić information content (AvgIpc) is 2.94. The third-order valence-corrected chi connectivity index (χ3v) is 4.07. The standard InChI is InChI=1S/C18H14F2N2/c1-9-3-5-13-11(7-9)15(17(19)21-13)16-12-8-10(2)4-6-14(12)22-18(16)20/h3-8,21-22H,1-2H3. The number of nitrogens with one attached hydrogen (secondary N) is 2. The minimum absolute atomic E-state index is 0.285. The van der Waals surface area contributed by atoms with Crippen molar-refractivity contribution in [3.63, 3.8) is 0 Å². The molecule has 22 heavy (non-hydrogen) atoms. The molecule has 0 radical (unpaired) electrons. The van der Waals surface area contributed by atoms with E-state index in [0.717, 1.165) is 11.1 Å². The molecule has 2 aromatic heterocycles. The molecule has 2 nitrogen and oxygen atoms in total. The number of H-pyrrole nitrogens is 2. The van der Waals surface area contributed by atoms with Gasteiger partial charge in [0.25, 0.3) is 0 Å². The van der Waals surface area contributed by atoms with Crippen LogP contribution in [0.15, 0.2) is 36.4 Å². The number of halogens is 2. The minimum Gasteiger partial charge on any atom is -0.331 e. The molecule has 2 aromatic carbocycles. The van der Waals surface area contributed by atoms with Crippen LogP contribution < -0.4 is 0 Å². The van der Waals surface area contributed by atoms with E-state index < -0.39 is 11.9 Å². The molecular formula is C18H14F2N2. The largest absolute Gasteiger partial charge is 0.331 e. The summed E-state index contributed by atoms with van der Waals surface area (Å²) in [5, 5.41) is 1.39. The van der Waals surface area contributed by atoms with Gasteiger partial charge in [0.1, 0.15) is 0 Å². The molecule has 0 saturated carbocycles. The Morgan fingerprint density at radius 1 is 0.682 bits per heavy atom. The first-order valence-electron chi connectivity index (χ1n) is 7.10. The van der Waals surface area contributed by atoms with Crippen LogP contribution in [0.4, 0.5) is 8.78 Å². The van der Waals surface area contributed by atoms with E-state index in [1.54, 1.807) is 0 Å². The number of hydrogen-bond donors (Lipinski definition) is 2. The Morgan fingerprint density at radius 2 is 1.09 bits per heavy atom. The lowest BCUT2D eigenvalue weighted by Crippen LogP contribution is -1.84. The molecule has 0 spiro atoms. The van der Waals surface area contributed by atoms with Crippen LogP contribution in [0.2, 0.25) is 0 Å².